The Morgan fingerprint density at radius 3 is 1.21 bits per heavy atom. The van der Waals surface area contributed by atoms with Crippen LogP contribution in [0.15, 0.2) is 60.8 Å². The summed E-state index contributed by atoms with van der Waals surface area (Å²) in [7, 11) is 0. The van der Waals surface area contributed by atoms with Gasteiger partial charge in [-0.25, -0.2) is 0 Å². The molecular weight excluding hydrogens is 1070 g/mol. The molecule has 1 heterocycles. The Morgan fingerprint density at radius 2 is 0.802 bits per heavy atom. The highest BCUT2D eigenvalue weighted by Crippen LogP contribution is 2.26. The maximum absolute atomic E-state index is 13.5. The second kappa shape index (κ2) is 62.5. The van der Waals surface area contributed by atoms with Crippen molar-refractivity contribution in [3.63, 3.8) is 0 Å². The molecule has 0 saturated carbocycles. The molecule has 0 aliphatic carbocycles. The summed E-state index contributed by atoms with van der Waals surface area (Å²) in [6.45, 7) is 5.78. The number of rotatable bonds is 63. The summed E-state index contributed by atoms with van der Waals surface area (Å²) in [5.41, 5.74) is 0. The van der Waals surface area contributed by atoms with E-state index in [0.717, 1.165) is 70.6 Å². The topological polar surface area (TPSA) is 175 Å². The van der Waals surface area contributed by atoms with E-state index in [1.165, 1.54) is 225 Å². The summed E-state index contributed by atoms with van der Waals surface area (Å²) in [4.78, 5) is 26.7. The summed E-state index contributed by atoms with van der Waals surface area (Å²) in [5.74, 6) is -1.18. The lowest BCUT2D eigenvalue weighted by molar-refractivity contribution is -0.305. The number of hydrogen-bond donors (Lipinski definition) is 6. The number of carbonyl (C=O) groups is 2. The molecule has 8 atom stereocenters. The lowest BCUT2D eigenvalue weighted by atomic mass is 9.99. The van der Waals surface area contributed by atoms with Crippen LogP contribution in [0.2, 0.25) is 0 Å². The van der Waals surface area contributed by atoms with Crippen molar-refractivity contribution in [1.29, 1.82) is 0 Å². The Balaban J connectivity index is 2.55. The highest BCUT2D eigenvalue weighted by Gasteiger charge is 2.47. The zero-order chi connectivity index (χ0) is 62.4. The van der Waals surface area contributed by atoms with Gasteiger partial charge in [0.25, 0.3) is 0 Å². The molecule has 11 heteroatoms. The maximum Gasteiger partial charge on any atom is 0.306 e. The monoisotopic (exact) mass is 1210 g/mol. The van der Waals surface area contributed by atoms with Crippen molar-refractivity contribution in [2.24, 2.45) is 0 Å². The molecule has 0 radical (unpaired) electrons. The first-order valence-electron chi connectivity index (χ1n) is 36.6. The summed E-state index contributed by atoms with van der Waals surface area (Å²) in [5, 5.41) is 57.3. The average molecular weight is 1210 g/mol. The van der Waals surface area contributed by atoms with Gasteiger partial charge < -0.3 is 45.1 Å². The van der Waals surface area contributed by atoms with Gasteiger partial charge in [0, 0.05) is 6.42 Å². The van der Waals surface area contributed by atoms with E-state index in [1.54, 1.807) is 6.08 Å². The second-order valence-electron chi connectivity index (χ2n) is 25.3. The first-order valence-corrected chi connectivity index (χ1v) is 36.6. The third-order valence-corrected chi connectivity index (χ3v) is 17.1. The van der Waals surface area contributed by atoms with Gasteiger partial charge in [-0.05, 0) is 89.9 Å². The summed E-state index contributed by atoms with van der Waals surface area (Å²) in [6.07, 6.45) is 69.7. The van der Waals surface area contributed by atoms with Gasteiger partial charge in [-0.1, -0.05) is 306 Å². The van der Waals surface area contributed by atoms with Crippen LogP contribution >= 0.6 is 0 Å². The predicted molar refractivity (Wildman–Crippen MR) is 361 cm³/mol. The smallest absolute Gasteiger partial charge is 0.306 e. The Kier molecular flexibility index (Phi) is 59.2. The van der Waals surface area contributed by atoms with Crippen LogP contribution in [0, 0.1) is 0 Å². The number of ether oxygens (including phenoxy) is 3. The molecule has 1 aliphatic heterocycles. The van der Waals surface area contributed by atoms with Crippen molar-refractivity contribution >= 4 is 11.9 Å². The van der Waals surface area contributed by atoms with Crippen molar-refractivity contribution in [1.82, 2.24) is 5.32 Å². The summed E-state index contributed by atoms with van der Waals surface area (Å²) in [6, 6.07) is -1.03. The Hall–Kier alpha value is -2.64. The Bertz CT molecular complexity index is 1630. The fourth-order valence-electron chi connectivity index (χ4n) is 11.4. The number of nitrogens with one attached hydrogen (secondary N) is 1. The van der Waals surface area contributed by atoms with Gasteiger partial charge in [0.1, 0.15) is 24.4 Å². The summed E-state index contributed by atoms with van der Waals surface area (Å²) >= 11 is 0. The molecule has 1 fully saturated rings. The second-order valence-corrected chi connectivity index (χ2v) is 25.3. The van der Waals surface area contributed by atoms with E-state index in [-0.39, 0.29) is 13.0 Å². The van der Waals surface area contributed by atoms with E-state index in [9.17, 15) is 35.1 Å². The van der Waals surface area contributed by atoms with Crippen LogP contribution in [0.1, 0.15) is 342 Å². The van der Waals surface area contributed by atoms with Gasteiger partial charge in [0.15, 0.2) is 12.4 Å². The fourth-order valence-corrected chi connectivity index (χ4v) is 11.4. The molecule has 8 unspecified atom stereocenters. The quantitative estimate of drug-likeness (QED) is 0.0195. The lowest BCUT2D eigenvalue weighted by Crippen LogP contribution is -2.61. The maximum atomic E-state index is 13.5. The van der Waals surface area contributed by atoms with E-state index >= 15 is 0 Å². The largest absolute Gasteiger partial charge is 0.454 e. The van der Waals surface area contributed by atoms with E-state index in [1.807, 2.05) is 6.08 Å². The van der Waals surface area contributed by atoms with Crippen LogP contribution in [0.3, 0.4) is 0 Å². The Labute approximate surface area is 528 Å². The standard InChI is InChI=1S/C75H137NO10/c1-4-7-10-13-16-19-22-25-27-29-31-33-35-37-39-41-43-45-48-51-54-57-60-63-70(80)86-73-72(82)71(81)69(64-77)85-75(73)84-65-66(67(78)61-58-55-52-49-46-24-21-18-15-12-9-6-3)76-74(83)68(79)62-59-56-53-50-47-44-42-40-38-36-34-32-30-28-26-23-20-17-14-11-8-5-2/h16-17,19-20,25-28,58,61,66-69,71-73,75,77-79,81-82H,4-15,18,21-24,29-57,59-60,62-65H2,1-3H3,(H,76,83)/b19-16-,20-17-,27-25-,28-26-,61-58+. The molecule has 0 bridgehead atoms. The number of hydrogen-bond acceptors (Lipinski definition) is 10. The SMILES string of the molecule is CCCCC/C=C\C/C=C\CCCCCCCCCCCCCCCC(=O)OC1C(OCC(NC(=O)C(O)CCCCCCCCCCCCCC/C=C\C/C=C\CCCCC)C(O)/C=C/CCCCCCCCCCCC)OC(CO)C(O)C1O. The predicted octanol–water partition coefficient (Wildman–Crippen LogP) is 18.9. The summed E-state index contributed by atoms with van der Waals surface area (Å²) < 4.78 is 17.7. The van der Waals surface area contributed by atoms with Crippen molar-refractivity contribution in [3.05, 3.63) is 60.8 Å². The minimum atomic E-state index is -1.61. The minimum Gasteiger partial charge on any atom is -0.454 e. The molecule has 11 nitrogen and oxygen atoms in total. The third kappa shape index (κ3) is 49.2. The zero-order valence-corrected chi connectivity index (χ0v) is 55.9. The van der Waals surface area contributed by atoms with Gasteiger partial charge in [-0.3, -0.25) is 9.59 Å². The van der Waals surface area contributed by atoms with E-state index < -0.39 is 67.4 Å². The molecule has 1 amide bonds. The molecule has 1 saturated heterocycles. The van der Waals surface area contributed by atoms with Crippen LogP contribution in [0.4, 0.5) is 0 Å². The molecule has 1 rings (SSSR count). The molecule has 1 aliphatic rings. The number of carbonyl (C=O) groups excluding carboxylic acids is 2. The molecule has 502 valence electrons. The minimum absolute atomic E-state index is 0.123. The van der Waals surface area contributed by atoms with Crippen LogP contribution in [0.25, 0.3) is 0 Å². The number of aliphatic hydroxyl groups is 5. The number of aliphatic hydroxyl groups excluding tert-OH is 5. The number of unbranched alkanes of at least 4 members (excludes halogenated alkanes) is 41. The van der Waals surface area contributed by atoms with Crippen LogP contribution in [0.5, 0.6) is 0 Å². The van der Waals surface area contributed by atoms with E-state index in [0.29, 0.717) is 19.3 Å². The highest BCUT2D eigenvalue weighted by atomic mass is 16.7. The molecule has 0 spiro atoms. The zero-order valence-electron chi connectivity index (χ0n) is 55.9. The third-order valence-electron chi connectivity index (χ3n) is 17.1. The highest BCUT2D eigenvalue weighted by molar-refractivity contribution is 5.80. The van der Waals surface area contributed by atoms with Crippen molar-refractivity contribution in [2.45, 2.75) is 391 Å². The lowest BCUT2D eigenvalue weighted by Gasteiger charge is -2.41. The molecule has 0 aromatic carbocycles. The average Bonchev–Trinajstić information content (AvgIpc) is 3.39. The van der Waals surface area contributed by atoms with Gasteiger partial charge in [0.2, 0.25) is 5.91 Å². The van der Waals surface area contributed by atoms with Crippen LogP contribution in [-0.4, -0.2) is 99.6 Å². The molecule has 86 heavy (non-hydrogen) atoms. The molecule has 6 N–H and O–H groups in total. The fraction of sp³-hybridized carbons (Fsp3) is 0.840. The van der Waals surface area contributed by atoms with Gasteiger partial charge >= 0.3 is 5.97 Å². The number of allylic oxidation sites excluding steroid dienone is 9. The van der Waals surface area contributed by atoms with E-state index in [4.69, 9.17) is 14.2 Å². The van der Waals surface area contributed by atoms with Crippen molar-refractivity contribution in [2.75, 3.05) is 13.2 Å². The first-order chi connectivity index (χ1) is 42.2. The van der Waals surface area contributed by atoms with Gasteiger partial charge in [-0.15, -0.1) is 0 Å². The van der Waals surface area contributed by atoms with E-state index in [2.05, 4.69) is 74.7 Å². The Morgan fingerprint density at radius 1 is 0.453 bits per heavy atom. The van der Waals surface area contributed by atoms with Gasteiger partial charge in [0.05, 0.1) is 25.4 Å². The van der Waals surface area contributed by atoms with Gasteiger partial charge in [-0.2, -0.15) is 0 Å². The normalized spacial score (nSPS) is 18.6. The molecule has 0 aromatic heterocycles. The molecule has 0 aromatic rings. The van der Waals surface area contributed by atoms with Crippen molar-refractivity contribution in [3.8, 4) is 0 Å². The van der Waals surface area contributed by atoms with Crippen LogP contribution in [-0.2, 0) is 23.8 Å². The first kappa shape index (κ1) is 81.4. The number of esters is 1. The molecular formula is C75H137NO10. The van der Waals surface area contributed by atoms with Crippen LogP contribution < -0.4 is 5.32 Å². The van der Waals surface area contributed by atoms with Crippen molar-refractivity contribution < 1.29 is 49.3 Å². The number of amides is 1.